The quantitative estimate of drug-likeness (QED) is 0.209. The van der Waals surface area contributed by atoms with Crippen LogP contribution in [-0.4, -0.2) is 56.1 Å². The number of aliphatic imine (C=N–C) groups is 1. The molecule has 1 heterocycles. The number of hydrogen-bond donors (Lipinski definition) is 1. The van der Waals surface area contributed by atoms with E-state index in [-0.39, 0.29) is 32.1 Å². The van der Waals surface area contributed by atoms with Gasteiger partial charge in [0.2, 0.25) is 0 Å². The molecule has 0 aliphatic carbocycles. The van der Waals surface area contributed by atoms with Gasteiger partial charge >= 0.3 is 11.9 Å². The molecule has 11 nitrogen and oxygen atoms in total. The highest BCUT2D eigenvalue weighted by molar-refractivity contribution is 6.03. The maximum atomic E-state index is 13.0. The van der Waals surface area contributed by atoms with Crippen molar-refractivity contribution < 1.29 is 33.6 Å². The zero-order valence-electron chi connectivity index (χ0n) is 19.6. The number of nitrogens with zero attached hydrogens (tertiary/aromatic N) is 2. The highest BCUT2D eigenvalue weighted by atomic mass is 16.7. The topological polar surface area (TPSA) is 139 Å². The fraction of sp³-hybridized carbons (Fsp3) is 0.435. The van der Waals surface area contributed by atoms with Gasteiger partial charge in [-0.3, -0.25) is 30.2 Å². The minimum atomic E-state index is -0.748. The van der Waals surface area contributed by atoms with E-state index in [2.05, 4.69) is 10.5 Å². The summed E-state index contributed by atoms with van der Waals surface area (Å²) >= 11 is 0. The lowest BCUT2D eigenvalue weighted by atomic mass is 9.75. The van der Waals surface area contributed by atoms with Crippen molar-refractivity contribution >= 4 is 23.3 Å². The third-order valence-electron chi connectivity index (χ3n) is 5.04. The molecule has 1 aromatic rings. The number of nitro benzene ring substituents is 1. The first-order chi connectivity index (χ1) is 16.3. The van der Waals surface area contributed by atoms with E-state index in [9.17, 15) is 19.7 Å². The number of allylic oxidation sites excluding steroid dienone is 3. The molecule has 0 saturated carbocycles. The smallest absolute Gasteiger partial charge is 0.334 e. The van der Waals surface area contributed by atoms with E-state index in [0.29, 0.717) is 22.5 Å². The van der Waals surface area contributed by atoms with Crippen LogP contribution in [0.2, 0.25) is 0 Å². The molecule has 34 heavy (non-hydrogen) atoms. The Hall–Kier alpha value is -3.57. The van der Waals surface area contributed by atoms with Gasteiger partial charge in [-0.15, -0.1) is 0 Å². The number of nitrogens with one attached hydrogen (secondary N) is 1. The number of hydrogen-bond acceptors (Lipinski definition) is 10. The van der Waals surface area contributed by atoms with Gasteiger partial charge in [0, 0.05) is 42.8 Å². The molecule has 0 spiro atoms. The first kappa shape index (κ1) is 26.7. The highest BCUT2D eigenvalue weighted by Gasteiger charge is 2.38. The summed E-state index contributed by atoms with van der Waals surface area (Å²) in [6, 6.07) is 6.01. The Balaban J connectivity index is 2.34. The Kier molecular flexibility index (Phi) is 10.4. The molecule has 0 aromatic heterocycles. The van der Waals surface area contributed by atoms with E-state index >= 15 is 0 Å². The number of methoxy groups -OCH3 is 1. The van der Waals surface area contributed by atoms with E-state index < -0.39 is 28.7 Å². The number of ether oxygens (including phenoxy) is 3. The van der Waals surface area contributed by atoms with Crippen LogP contribution in [0.25, 0.3) is 0 Å². The predicted molar refractivity (Wildman–Crippen MR) is 123 cm³/mol. The number of carbonyl (C=O) groups excluding carboxylic acids is 2. The second kappa shape index (κ2) is 13.2. The van der Waals surface area contributed by atoms with E-state index in [4.69, 9.17) is 19.0 Å². The third kappa shape index (κ3) is 7.22. The third-order valence-corrected chi connectivity index (χ3v) is 5.04. The number of nitro groups is 1. The number of esters is 2. The Morgan fingerprint density at radius 2 is 1.88 bits per heavy atom. The molecule has 2 unspecified atom stereocenters. The molecule has 0 fully saturated rings. The monoisotopic (exact) mass is 475 g/mol. The Morgan fingerprint density at radius 3 is 2.50 bits per heavy atom. The summed E-state index contributed by atoms with van der Waals surface area (Å²) in [6.45, 7) is 5.54. The van der Waals surface area contributed by atoms with Crippen molar-refractivity contribution in [2.75, 3.05) is 33.5 Å². The molecule has 184 valence electrons. The molecule has 0 saturated heterocycles. The number of non-ortho nitro benzene ring substituents is 1. The number of hydroxylamine groups is 1. The number of benzene rings is 1. The molecule has 1 aliphatic rings. The lowest BCUT2D eigenvalue weighted by molar-refractivity contribution is -0.384. The van der Waals surface area contributed by atoms with Crippen molar-refractivity contribution in [1.82, 2.24) is 5.48 Å². The summed E-state index contributed by atoms with van der Waals surface area (Å²) in [5.41, 5.74) is 5.07. The van der Waals surface area contributed by atoms with Gasteiger partial charge in [-0.1, -0.05) is 12.1 Å². The SMILES string of the molecule is CCOC(=O)CONC=CC1=C(C)N=C(C)C(C(=O)OCCOC)C1c1ccc([N+](=O)[O-])cc1. The normalized spacial score (nSPS) is 17.9. The Bertz CT molecular complexity index is 969. The van der Waals surface area contributed by atoms with Crippen LogP contribution in [0, 0.1) is 16.0 Å². The molecule has 1 aliphatic heterocycles. The van der Waals surface area contributed by atoms with Crippen LogP contribution in [0.3, 0.4) is 0 Å². The zero-order valence-corrected chi connectivity index (χ0v) is 19.6. The Labute approximate surface area is 197 Å². The van der Waals surface area contributed by atoms with Crippen LogP contribution < -0.4 is 5.48 Å². The minimum absolute atomic E-state index is 0.0593. The van der Waals surface area contributed by atoms with Gasteiger partial charge in [-0.05, 0) is 38.0 Å². The average Bonchev–Trinajstić information content (AvgIpc) is 2.80. The average molecular weight is 475 g/mol. The lowest BCUT2D eigenvalue weighted by Crippen LogP contribution is -2.34. The van der Waals surface area contributed by atoms with Crippen LogP contribution >= 0.6 is 0 Å². The standard InChI is InChI=1S/C23H29N3O8/c1-5-32-20(27)14-34-24-11-10-19-15(2)25-16(3)21(23(28)33-13-12-31-4)22(19)17-6-8-18(9-7-17)26(29)30/h6-11,21-22,24H,5,12-14H2,1-4H3. The van der Waals surface area contributed by atoms with Crippen LogP contribution in [-0.2, 0) is 28.6 Å². The first-order valence-electron chi connectivity index (χ1n) is 10.7. The van der Waals surface area contributed by atoms with Crippen molar-refractivity contribution in [3.8, 4) is 0 Å². The van der Waals surface area contributed by atoms with Gasteiger partial charge in [0.15, 0.2) is 6.61 Å². The molecule has 1 N–H and O–H groups in total. The molecule has 2 rings (SSSR count). The van der Waals surface area contributed by atoms with Gasteiger partial charge in [-0.2, -0.15) is 0 Å². The second-order valence-electron chi connectivity index (χ2n) is 7.30. The van der Waals surface area contributed by atoms with Crippen LogP contribution in [0.5, 0.6) is 0 Å². The van der Waals surface area contributed by atoms with Gasteiger partial charge in [-0.25, -0.2) is 4.79 Å². The van der Waals surface area contributed by atoms with Gasteiger partial charge in [0.05, 0.1) is 18.1 Å². The van der Waals surface area contributed by atoms with E-state index in [0.717, 1.165) is 0 Å². The van der Waals surface area contributed by atoms with Gasteiger partial charge in [0.1, 0.15) is 12.5 Å². The van der Waals surface area contributed by atoms with Gasteiger partial charge < -0.3 is 14.2 Å². The van der Waals surface area contributed by atoms with E-state index in [1.807, 2.05) is 0 Å². The summed E-state index contributed by atoms with van der Waals surface area (Å²) < 4.78 is 15.1. The summed E-state index contributed by atoms with van der Waals surface area (Å²) in [5, 5.41) is 11.1. The highest BCUT2D eigenvalue weighted by Crippen LogP contribution is 2.40. The van der Waals surface area contributed by atoms with E-state index in [1.54, 1.807) is 39.0 Å². The molecule has 11 heteroatoms. The summed E-state index contributed by atoms with van der Waals surface area (Å²) in [6.07, 6.45) is 3.15. The molecular weight excluding hydrogens is 446 g/mol. The fourth-order valence-electron chi connectivity index (χ4n) is 3.54. The molecule has 0 bridgehead atoms. The number of carbonyl (C=O) groups is 2. The van der Waals surface area contributed by atoms with Crippen molar-refractivity contribution in [3.05, 3.63) is 63.5 Å². The largest absolute Gasteiger partial charge is 0.464 e. The maximum Gasteiger partial charge on any atom is 0.334 e. The molecule has 0 radical (unpaired) electrons. The lowest BCUT2D eigenvalue weighted by Gasteiger charge is -2.31. The Morgan fingerprint density at radius 1 is 1.18 bits per heavy atom. The second-order valence-corrected chi connectivity index (χ2v) is 7.30. The van der Waals surface area contributed by atoms with Crippen LogP contribution in [0.4, 0.5) is 5.69 Å². The molecule has 2 atom stereocenters. The number of rotatable bonds is 12. The van der Waals surface area contributed by atoms with Crippen molar-refractivity contribution in [2.45, 2.75) is 26.7 Å². The fourth-order valence-corrected chi connectivity index (χ4v) is 3.54. The van der Waals surface area contributed by atoms with Crippen molar-refractivity contribution in [2.24, 2.45) is 10.9 Å². The zero-order chi connectivity index (χ0) is 25.1. The first-order valence-corrected chi connectivity index (χ1v) is 10.7. The molecule has 1 aromatic carbocycles. The van der Waals surface area contributed by atoms with Crippen molar-refractivity contribution in [3.63, 3.8) is 0 Å². The van der Waals surface area contributed by atoms with E-state index in [1.165, 1.54) is 25.4 Å². The molecular formula is C23H29N3O8. The van der Waals surface area contributed by atoms with Crippen LogP contribution in [0.15, 0.2) is 52.8 Å². The summed E-state index contributed by atoms with van der Waals surface area (Å²) in [5.74, 6) is -2.26. The molecule has 0 amide bonds. The summed E-state index contributed by atoms with van der Waals surface area (Å²) in [7, 11) is 1.51. The predicted octanol–water partition coefficient (Wildman–Crippen LogP) is 2.83. The minimum Gasteiger partial charge on any atom is -0.464 e. The maximum absolute atomic E-state index is 13.0. The van der Waals surface area contributed by atoms with Crippen molar-refractivity contribution in [1.29, 1.82) is 0 Å². The van der Waals surface area contributed by atoms with Crippen LogP contribution in [0.1, 0.15) is 32.3 Å². The summed E-state index contributed by atoms with van der Waals surface area (Å²) in [4.78, 5) is 44.6. The van der Waals surface area contributed by atoms with Gasteiger partial charge in [0.25, 0.3) is 5.69 Å².